The standard InChI is InChI=1S/C13H17F2N/c1-8-10(14)7-11(15)9(2)13(8)12-5-3-4-6-16-12/h7,12,16H,3-6H2,1-2H3. The molecule has 0 aliphatic carbocycles. The summed E-state index contributed by atoms with van der Waals surface area (Å²) >= 11 is 0. The number of nitrogens with one attached hydrogen (secondary N) is 1. The lowest BCUT2D eigenvalue weighted by atomic mass is 9.90. The summed E-state index contributed by atoms with van der Waals surface area (Å²) in [6.07, 6.45) is 3.23. The molecule has 1 N–H and O–H groups in total. The van der Waals surface area contributed by atoms with E-state index in [4.69, 9.17) is 0 Å². The molecule has 0 aromatic heterocycles. The third-order valence-corrected chi connectivity index (χ3v) is 3.44. The Kier molecular flexibility index (Phi) is 3.24. The minimum Gasteiger partial charge on any atom is -0.310 e. The van der Waals surface area contributed by atoms with Crippen molar-refractivity contribution in [3.63, 3.8) is 0 Å². The first-order valence-electron chi connectivity index (χ1n) is 5.79. The zero-order valence-corrected chi connectivity index (χ0v) is 9.74. The summed E-state index contributed by atoms with van der Waals surface area (Å²) in [6.45, 7) is 4.39. The number of hydrogen-bond donors (Lipinski definition) is 1. The van der Waals surface area contributed by atoms with Crippen LogP contribution in [0.25, 0.3) is 0 Å². The summed E-state index contributed by atoms with van der Waals surface area (Å²) in [5.74, 6) is -0.879. The van der Waals surface area contributed by atoms with Crippen LogP contribution in [-0.4, -0.2) is 6.54 Å². The summed E-state index contributed by atoms with van der Waals surface area (Å²) in [4.78, 5) is 0. The molecule has 1 saturated heterocycles. The van der Waals surface area contributed by atoms with E-state index in [1.54, 1.807) is 13.8 Å². The van der Waals surface area contributed by atoms with Gasteiger partial charge >= 0.3 is 0 Å². The van der Waals surface area contributed by atoms with Crippen LogP contribution in [-0.2, 0) is 0 Å². The van der Waals surface area contributed by atoms with Crippen molar-refractivity contribution < 1.29 is 8.78 Å². The summed E-state index contributed by atoms with van der Waals surface area (Å²) in [5.41, 5.74) is 1.98. The van der Waals surface area contributed by atoms with E-state index < -0.39 is 11.6 Å². The molecule has 2 rings (SSSR count). The first-order chi connectivity index (χ1) is 7.61. The Balaban J connectivity index is 2.45. The average Bonchev–Trinajstić information content (AvgIpc) is 2.28. The van der Waals surface area contributed by atoms with Crippen molar-refractivity contribution in [2.75, 3.05) is 6.54 Å². The van der Waals surface area contributed by atoms with E-state index in [9.17, 15) is 8.78 Å². The predicted molar refractivity (Wildman–Crippen MR) is 60.4 cm³/mol. The van der Waals surface area contributed by atoms with Gasteiger partial charge in [-0.3, -0.25) is 0 Å². The molecular formula is C13H17F2N. The minimum atomic E-state index is -0.439. The van der Waals surface area contributed by atoms with Gasteiger partial charge < -0.3 is 5.32 Å². The lowest BCUT2D eigenvalue weighted by Gasteiger charge is -2.27. The van der Waals surface area contributed by atoms with E-state index in [-0.39, 0.29) is 6.04 Å². The second kappa shape index (κ2) is 4.50. The molecule has 1 aliphatic heterocycles. The molecule has 1 nitrogen and oxygen atoms in total. The highest BCUT2D eigenvalue weighted by Gasteiger charge is 2.22. The van der Waals surface area contributed by atoms with Crippen molar-refractivity contribution in [3.8, 4) is 0 Å². The molecule has 0 spiro atoms. The van der Waals surface area contributed by atoms with Crippen molar-refractivity contribution in [2.45, 2.75) is 39.2 Å². The van der Waals surface area contributed by atoms with Crippen LogP contribution in [0.2, 0.25) is 0 Å². The van der Waals surface area contributed by atoms with Gasteiger partial charge in [0.05, 0.1) is 0 Å². The first kappa shape index (κ1) is 11.5. The quantitative estimate of drug-likeness (QED) is 0.772. The number of benzene rings is 1. The van der Waals surface area contributed by atoms with Crippen LogP contribution in [0.5, 0.6) is 0 Å². The summed E-state index contributed by atoms with van der Waals surface area (Å²) in [6, 6.07) is 1.09. The molecule has 0 bridgehead atoms. The molecule has 0 radical (unpaired) electrons. The van der Waals surface area contributed by atoms with Gasteiger partial charge in [-0.15, -0.1) is 0 Å². The Morgan fingerprint density at radius 1 is 1.12 bits per heavy atom. The van der Waals surface area contributed by atoms with E-state index in [1.807, 2.05) is 0 Å². The second-order valence-corrected chi connectivity index (χ2v) is 4.51. The fraction of sp³-hybridized carbons (Fsp3) is 0.538. The van der Waals surface area contributed by atoms with Gasteiger partial charge in [-0.1, -0.05) is 6.42 Å². The monoisotopic (exact) mass is 225 g/mol. The van der Waals surface area contributed by atoms with Gasteiger partial charge in [0.25, 0.3) is 0 Å². The largest absolute Gasteiger partial charge is 0.310 e. The predicted octanol–water partition coefficient (Wildman–Crippen LogP) is 3.40. The van der Waals surface area contributed by atoms with E-state index in [1.165, 1.54) is 0 Å². The van der Waals surface area contributed by atoms with Gasteiger partial charge in [0.1, 0.15) is 11.6 Å². The zero-order valence-electron chi connectivity index (χ0n) is 9.74. The van der Waals surface area contributed by atoms with Gasteiger partial charge in [0.2, 0.25) is 0 Å². The Hall–Kier alpha value is -0.960. The third kappa shape index (κ3) is 1.96. The molecule has 1 atom stereocenters. The molecule has 88 valence electrons. The van der Waals surface area contributed by atoms with Crippen molar-refractivity contribution >= 4 is 0 Å². The smallest absolute Gasteiger partial charge is 0.129 e. The van der Waals surface area contributed by atoms with Crippen molar-refractivity contribution in [1.82, 2.24) is 5.32 Å². The van der Waals surface area contributed by atoms with Crippen LogP contribution in [0.1, 0.15) is 42.0 Å². The summed E-state index contributed by atoms with van der Waals surface area (Å²) in [7, 11) is 0. The molecule has 1 aromatic carbocycles. The van der Waals surface area contributed by atoms with Crippen LogP contribution >= 0.6 is 0 Å². The summed E-state index contributed by atoms with van der Waals surface area (Å²) in [5, 5.41) is 3.34. The molecule has 1 aromatic rings. The van der Waals surface area contributed by atoms with Crippen molar-refractivity contribution in [3.05, 3.63) is 34.4 Å². The maximum atomic E-state index is 13.5. The van der Waals surface area contributed by atoms with Crippen molar-refractivity contribution in [1.29, 1.82) is 0 Å². The average molecular weight is 225 g/mol. The molecule has 1 aliphatic rings. The highest BCUT2D eigenvalue weighted by Crippen LogP contribution is 2.31. The van der Waals surface area contributed by atoms with Crippen LogP contribution in [0.15, 0.2) is 6.07 Å². The number of piperidine rings is 1. The van der Waals surface area contributed by atoms with Gasteiger partial charge in [0, 0.05) is 12.1 Å². The van der Waals surface area contributed by atoms with E-state index in [0.29, 0.717) is 11.1 Å². The molecule has 0 saturated carbocycles. The lowest BCUT2D eigenvalue weighted by molar-refractivity contribution is 0.405. The van der Waals surface area contributed by atoms with E-state index >= 15 is 0 Å². The van der Waals surface area contributed by atoms with Crippen LogP contribution < -0.4 is 5.32 Å². The molecule has 16 heavy (non-hydrogen) atoms. The molecule has 1 fully saturated rings. The Bertz CT molecular complexity index is 369. The molecule has 0 amide bonds. The maximum Gasteiger partial charge on any atom is 0.129 e. The number of rotatable bonds is 1. The van der Waals surface area contributed by atoms with Crippen molar-refractivity contribution in [2.24, 2.45) is 0 Å². The van der Waals surface area contributed by atoms with Gasteiger partial charge in [-0.25, -0.2) is 8.78 Å². The Morgan fingerprint density at radius 3 is 2.25 bits per heavy atom. The minimum absolute atomic E-state index is 0.110. The normalized spacial score (nSPS) is 21.1. The highest BCUT2D eigenvalue weighted by atomic mass is 19.1. The topological polar surface area (TPSA) is 12.0 Å². The van der Waals surface area contributed by atoms with E-state index in [0.717, 1.165) is 37.4 Å². The molecular weight excluding hydrogens is 208 g/mol. The lowest BCUT2D eigenvalue weighted by Crippen LogP contribution is -2.28. The van der Waals surface area contributed by atoms with E-state index in [2.05, 4.69) is 5.32 Å². The Labute approximate surface area is 94.9 Å². The van der Waals surface area contributed by atoms with Gasteiger partial charge in [-0.05, 0) is 49.9 Å². The van der Waals surface area contributed by atoms with Crippen LogP contribution in [0.4, 0.5) is 8.78 Å². The van der Waals surface area contributed by atoms with Crippen LogP contribution in [0, 0.1) is 25.5 Å². The highest BCUT2D eigenvalue weighted by molar-refractivity contribution is 5.38. The number of hydrogen-bond acceptors (Lipinski definition) is 1. The fourth-order valence-corrected chi connectivity index (χ4v) is 2.49. The molecule has 3 heteroatoms. The first-order valence-corrected chi connectivity index (χ1v) is 5.79. The van der Waals surface area contributed by atoms with Crippen LogP contribution in [0.3, 0.4) is 0 Å². The fourth-order valence-electron chi connectivity index (χ4n) is 2.49. The number of halogens is 2. The van der Waals surface area contributed by atoms with Gasteiger partial charge in [-0.2, -0.15) is 0 Å². The maximum absolute atomic E-state index is 13.5. The molecule has 1 heterocycles. The third-order valence-electron chi connectivity index (χ3n) is 3.44. The molecule has 1 unspecified atom stereocenters. The Morgan fingerprint density at radius 2 is 1.75 bits per heavy atom. The zero-order chi connectivity index (χ0) is 11.7. The summed E-state index contributed by atoms with van der Waals surface area (Å²) < 4.78 is 27.0. The second-order valence-electron chi connectivity index (χ2n) is 4.51. The van der Waals surface area contributed by atoms with Gasteiger partial charge in [0.15, 0.2) is 0 Å². The SMILES string of the molecule is Cc1c(F)cc(F)c(C)c1C1CCCCN1.